The van der Waals surface area contributed by atoms with Crippen LogP contribution in [0.2, 0.25) is 0 Å². The summed E-state index contributed by atoms with van der Waals surface area (Å²) in [5.41, 5.74) is 3.50. The number of nitrogens with one attached hydrogen (secondary N) is 1. The highest BCUT2D eigenvalue weighted by molar-refractivity contribution is 6.08. The average Bonchev–Trinajstić information content (AvgIpc) is 3.34. The number of fused-ring (bicyclic) bond motifs is 1. The Morgan fingerprint density at radius 1 is 1.03 bits per heavy atom. The molecule has 6 heteroatoms. The molecule has 162 valence electrons. The van der Waals surface area contributed by atoms with E-state index in [0.717, 1.165) is 23.1 Å². The molecule has 0 saturated heterocycles. The number of hydrogen-bond acceptors (Lipinski definition) is 4. The Morgan fingerprint density at radius 2 is 1.81 bits per heavy atom. The Hall–Kier alpha value is -3.93. The van der Waals surface area contributed by atoms with Gasteiger partial charge in [-0.05, 0) is 49.2 Å². The maximum atomic E-state index is 13.6. The number of aryl methyl sites for hydroxylation is 1. The lowest BCUT2D eigenvalue weighted by atomic mass is 10.1. The maximum Gasteiger partial charge on any atom is 0.255 e. The number of anilines is 1. The van der Waals surface area contributed by atoms with Gasteiger partial charge >= 0.3 is 0 Å². The fourth-order valence-electron chi connectivity index (χ4n) is 3.67. The third-order valence-corrected chi connectivity index (χ3v) is 5.25. The van der Waals surface area contributed by atoms with Gasteiger partial charge in [0.25, 0.3) is 5.91 Å². The Bertz CT molecular complexity index is 1250. The van der Waals surface area contributed by atoms with Gasteiger partial charge in [0.2, 0.25) is 5.91 Å². The van der Waals surface area contributed by atoms with Crippen molar-refractivity contribution in [2.24, 2.45) is 0 Å². The van der Waals surface area contributed by atoms with Crippen LogP contribution in [0, 0.1) is 6.92 Å². The molecule has 2 aromatic carbocycles. The van der Waals surface area contributed by atoms with Gasteiger partial charge in [0.15, 0.2) is 5.76 Å². The highest BCUT2D eigenvalue weighted by Gasteiger charge is 2.22. The molecule has 4 aromatic rings. The number of nitrogens with zero attached hydrogens (tertiary/aromatic N) is 2. The van der Waals surface area contributed by atoms with Crippen molar-refractivity contribution in [2.75, 3.05) is 18.4 Å². The van der Waals surface area contributed by atoms with E-state index < -0.39 is 0 Å². The molecule has 2 heterocycles. The van der Waals surface area contributed by atoms with E-state index in [1.165, 1.54) is 0 Å². The second kappa shape index (κ2) is 9.47. The van der Waals surface area contributed by atoms with Gasteiger partial charge in [0.05, 0.1) is 17.3 Å². The minimum absolute atomic E-state index is 0.0340. The summed E-state index contributed by atoms with van der Waals surface area (Å²) in [6.45, 7) is 4.35. The SMILES string of the molecule is CCCN(CC(=O)Nc1ccccc1C)C(=O)c1cc(-c2ccco2)nc2ccccc12. The molecular formula is C26H25N3O3. The first-order valence-electron chi connectivity index (χ1n) is 10.6. The van der Waals surface area contributed by atoms with Crippen molar-refractivity contribution >= 4 is 28.4 Å². The van der Waals surface area contributed by atoms with Crippen molar-refractivity contribution in [1.29, 1.82) is 0 Å². The highest BCUT2D eigenvalue weighted by atomic mass is 16.3. The normalized spacial score (nSPS) is 10.8. The molecule has 0 unspecified atom stereocenters. The fourth-order valence-corrected chi connectivity index (χ4v) is 3.67. The number of rotatable bonds is 7. The molecule has 0 fully saturated rings. The highest BCUT2D eigenvalue weighted by Crippen LogP contribution is 2.26. The topological polar surface area (TPSA) is 75.4 Å². The molecule has 6 nitrogen and oxygen atoms in total. The van der Waals surface area contributed by atoms with Crippen molar-refractivity contribution in [3.05, 3.63) is 84.1 Å². The number of carbonyl (C=O) groups excluding carboxylic acids is 2. The second-order valence-corrected chi connectivity index (χ2v) is 7.64. The molecule has 0 saturated carbocycles. The van der Waals surface area contributed by atoms with Crippen LogP contribution >= 0.6 is 0 Å². The van der Waals surface area contributed by atoms with Gasteiger partial charge in [-0.15, -0.1) is 0 Å². The molecule has 0 radical (unpaired) electrons. The van der Waals surface area contributed by atoms with Crippen molar-refractivity contribution in [3.8, 4) is 11.5 Å². The van der Waals surface area contributed by atoms with Crippen LogP contribution in [0.5, 0.6) is 0 Å². The van der Waals surface area contributed by atoms with Gasteiger partial charge in [-0.1, -0.05) is 43.3 Å². The van der Waals surface area contributed by atoms with Gasteiger partial charge in [0.1, 0.15) is 12.2 Å². The molecule has 32 heavy (non-hydrogen) atoms. The van der Waals surface area contributed by atoms with Gasteiger partial charge in [-0.25, -0.2) is 4.98 Å². The number of aromatic nitrogens is 1. The van der Waals surface area contributed by atoms with E-state index in [9.17, 15) is 9.59 Å². The molecule has 2 aromatic heterocycles. The van der Waals surface area contributed by atoms with E-state index in [2.05, 4.69) is 10.3 Å². The van der Waals surface area contributed by atoms with Gasteiger partial charge < -0.3 is 14.6 Å². The number of furan rings is 1. The van der Waals surface area contributed by atoms with Crippen LogP contribution in [-0.2, 0) is 4.79 Å². The minimum Gasteiger partial charge on any atom is -0.463 e. The largest absolute Gasteiger partial charge is 0.463 e. The molecular weight excluding hydrogens is 402 g/mol. The number of pyridine rings is 1. The Balaban J connectivity index is 1.65. The summed E-state index contributed by atoms with van der Waals surface area (Å²) in [4.78, 5) is 32.6. The Kier molecular flexibility index (Phi) is 6.31. The minimum atomic E-state index is -0.231. The van der Waals surface area contributed by atoms with Crippen molar-refractivity contribution in [3.63, 3.8) is 0 Å². The Morgan fingerprint density at radius 3 is 2.56 bits per heavy atom. The molecule has 0 spiro atoms. The second-order valence-electron chi connectivity index (χ2n) is 7.64. The molecule has 2 amide bonds. The predicted octanol–water partition coefficient (Wildman–Crippen LogP) is 5.29. The van der Waals surface area contributed by atoms with Crippen LogP contribution in [0.25, 0.3) is 22.4 Å². The zero-order chi connectivity index (χ0) is 22.5. The molecule has 0 aliphatic heterocycles. The summed E-state index contributed by atoms with van der Waals surface area (Å²) in [6, 6.07) is 20.4. The lowest BCUT2D eigenvalue weighted by Crippen LogP contribution is -2.38. The smallest absolute Gasteiger partial charge is 0.255 e. The van der Waals surface area contributed by atoms with Gasteiger partial charge in [-0.3, -0.25) is 9.59 Å². The number of para-hydroxylation sites is 2. The van der Waals surface area contributed by atoms with Crippen LogP contribution in [0.3, 0.4) is 0 Å². The average molecular weight is 428 g/mol. The lowest BCUT2D eigenvalue weighted by Gasteiger charge is -2.23. The predicted molar refractivity (Wildman–Crippen MR) is 125 cm³/mol. The van der Waals surface area contributed by atoms with E-state index in [0.29, 0.717) is 29.1 Å². The van der Waals surface area contributed by atoms with E-state index in [1.54, 1.807) is 23.3 Å². The molecule has 0 atom stereocenters. The fraction of sp³-hybridized carbons (Fsp3) is 0.192. The lowest BCUT2D eigenvalue weighted by molar-refractivity contribution is -0.116. The third kappa shape index (κ3) is 4.54. The Labute approximate surface area is 186 Å². The summed E-state index contributed by atoms with van der Waals surface area (Å²) in [5.74, 6) is 0.146. The van der Waals surface area contributed by atoms with Crippen molar-refractivity contribution < 1.29 is 14.0 Å². The molecule has 0 aliphatic carbocycles. The van der Waals surface area contributed by atoms with Crippen LogP contribution in [0.1, 0.15) is 29.3 Å². The van der Waals surface area contributed by atoms with E-state index in [-0.39, 0.29) is 18.4 Å². The summed E-state index contributed by atoms with van der Waals surface area (Å²) in [5, 5.41) is 3.66. The summed E-state index contributed by atoms with van der Waals surface area (Å²) in [6.07, 6.45) is 2.31. The van der Waals surface area contributed by atoms with Crippen LogP contribution in [0.15, 0.2) is 77.4 Å². The monoisotopic (exact) mass is 427 g/mol. The van der Waals surface area contributed by atoms with Crippen LogP contribution in [-0.4, -0.2) is 34.8 Å². The maximum absolute atomic E-state index is 13.6. The third-order valence-electron chi connectivity index (χ3n) is 5.25. The summed E-state index contributed by atoms with van der Waals surface area (Å²) < 4.78 is 5.50. The van der Waals surface area contributed by atoms with Crippen LogP contribution in [0.4, 0.5) is 5.69 Å². The van der Waals surface area contributed by atoms with E-state index in [4.69, 9.17) is 4.42 Å². The quantitative estimate of drug-likeness (QED) is 0.435. The van der Waals surface area contributed by atoms with Gasteiger partial charge in [0, 0.05) is 17.6 Å². The molecule has 0 bridgehead atoms. The van der Waals surface area contributed by atoms with Crippen molar-refractivity contribution in [2.45, 2.75) is 20.3 Å². The standard InChI is InChI=1S/C26H25N3O3/c1-3-14-29(17-25(30)28-21-11-6-4-9-18(21)2)26(31)20-16-23(24-13-8-15-32-24)27-22-12-7-5-10-19(20)22/h4-13,15-16H,3,14,17H2,1-2H3,(H,28,30). The van der Waals surface area contributed by atoms with E-state index >= 15 is 0 Å². The molecule has 1 N–H and O–H groups in total. The first kappa shape index (κ1) is 21.3. The number of benzene rings is 2. The first-order chi connectivity index (χ1) is 15.6. The van der Waals surface area contributed by atoms with Crippen molar-refractivity contribution in [1.82, 2.24) is 9.88 Å². The zero-order valence-corrected chi connectivity index (χ0v) is 18.2. The van der Waals surface area contributed by atoms with Crippen LogP contribution < -0.4 is 5.32 Å². The number of amides is 2. The molecule has 0 aliphatic rings. The summed E-state index contributed by atoms with van der Waals surface area (Å²) in [7, 11) is 0. The number of hydrogen-bond donors (Lipinski definition) is 1. The summed E-state index contributed by atoms with van der Waals surface area (Å²) >= 11 is 0. The van der Waals surface area contributed by atoms with E-state index in [1.807, 2.05) is 68.4 Å². The molecule has 4 rings (SSSR count). The first-order valence-corrected chi connectivity index (χ1v) is 10.6. The zero-order valence-electron chi connectivity index (χ0n) is 18.2. The number of carbonyl (C=O) groups is 2. The van der Waals surface area contributed by atoms with Gasteiger partial charge in [-0.2, -0.15) is 0 Å².